The van der Waals surface area contributed by atoms with Crippen molar-refractivity contribution in [2.45, 2.75) is 26.3 Å². The molecule has 0 spiro atoms. The molecular weight excluding hydrogens is 302 g/mol. The zero-order valence-electron chi connectivity index (χ0n) is 12.7. The number of esters is 1. The number of aromatic nitrogens is 1. The lowest BCUT2D eigenvalue weighted by atomic mass is 9.98. The summed E-state index contributed by atoms with van der Waals surface area (Å²) in [4.78, 5) is 30.5. The summed E-state index contributed by atoms with van der Waals surface area (Å²) in [7, 11) is 0. The smallest absolute Gasteiger partial charge is 0.310 e. The van der Waals surface area contributed by atoms with Gasteiger partial charge < -0.3 is 4.74 Å². The number of nitrogens with one attached hydrogen (secondary N) is 1. The largest absolute Gasteiger partial charge is 0.466 e. The molecule has 6 nitrogen and oxygen atoms in total. The van der Waals surface area contributed by atoms with Crippen molar-refractivity contribution in [3.63, 3.8) is 0 Å². The van der Waals surface area contributed by atoms with Crippen LogP contribution in [0, 0.1) is 5.92 Å². The highest BCUT2D eigenvalue weighted by Gasteiger charge is 2.27. The van der Waals surface area contributed by atoms with E-state index in [1.807, 2.05) is 6.92 Å². The molecule has 1 aliphatic rings. The topological polar surface area (TPSA) is 71.5 Å². The molecule has 1 N–H and O–H groups in total. The van der Waals surface area contributed by atoms with Crippen LogP contribution >= 0.6 is 11.3 Å². The Morgan fingerprint density at radius 1 is 1.64 bits per heavy atom. The average Bonchev–Trinajstić information content (AvgIpc) is 2.94. The lowest BCUT2D eigenvalue weighted by Gasteiger charge is -2.30. The first-order valence-corrected chi connectivity index (χ1v) is 8.21. The molecule has 1 aromatic heterocycles. The first-order chi connectivity index (χ1) is 10.6. The van der Waals surface area contributed by atoms with Crippen LogP contribution in [0.25, 0.3) is 0 Å². The Morgan fingerprint density at radius 2 is 2.45 bits per heavy atom. The average molecular weight is 323 g/mol. The molecule has 7 heteroatoms. The van der Waals surface area contributed by atoms with Gasteiger partial charge in [-0.25, -0.2) is 4.98 Å². The summed E-state index contributed by atoms with van der Waals surface area (Å²) in [5.74, 6) is -0.404. The number of carbonyl (C=O) groups is 2. The second kappa shape index (κ2) is 8.05. The van der Waals surface area contributed by atoms with Crippen LogP contribution in [0.5, 0.6) is 0 Å². The molecule has 0 radical (unpaired) electrons. The van der Waals surface area contributed by atoms with Gasteiger partial charge in [0.15, 0.2) is 5.13 Å². The molecule has 0 saturated carbocycles. The first-order valence-electron chi connectivity index (χ1n) is 7.39. The van der Waals surface area contributed by atoms with Gasteiger partial charge in [0.05, 0.1) is 12.5 Å². The van der Waals surface area contributed by atoms with Crippen molar-refractivity contribution in [1.29, 1.82) is 0 Å². The molecule has 1 saturated heterocycles. The molecule has 0 bridgehead atoms. The molecule has 120 valence electrons. The Balaban J connectivity index is 1.89. The summed E-state index contributed by atoms with van der Waals surface area (Å²) in [6, 6.07) is 0. The second-order valence-corrected chi connectivity index (χ2v) is 6.27. The van der Waals surface area contributed by atoms with E-state index in [9.17, 15) is 9.59 Å². The molecule has 0 aromatic carbocycles. The summed E-state index contributed by atoms with van der Waals surface area (Å²) in [5, 5.41) is 3.22. The number of nitrogens with zero attached hydrogens (tertiary/aromatic N) is 2. The van der Waals surface area contributed by atoms with E-state index in [1.165, 1.54) is 17.4 Å². The van der Waals surface area contributed by atoms with Crippen LogP contribution in [0.1, 0.15) is 24.6 Å². The number of anilines is 1. The summed E-state index contributed by atoms with van der Waals surface area (Å²) in [6.07, 6.45) is 4.86. The van der Waals surface area contributed by atoms with Crippen LogP contribution < -0.4 is 5.32 Å². The molecule has 1 aromatic rings. The molecular formula is C15H21N3O3S. The number of piperidine rings is 1. The number of ether oxygens (including phenoxy) is 1. The van der Waals surface area contributed by atoms with E-state index in [-0.39, 0.29) is 17.8 Å². The van der Waals surface area contributed by atoms with E-state index >= 15 is 0 Å². The van der Waals surface area contributed by atoms with Gasteiger partial charge in [-0.3, -0.25) is 19.8 Å². The molecule has 1 aliphatic heterocycles. The van der Waals surface area contributed by atoms with E-state index in [0.717, 1.165) is 30.8 Å². The third-order valence-electron chi connectivity index (χ3n) is 3.47. The molecule has 1 unspecified atom stereocenters. The molecule has 1 fully saturated rings. The summed E-state index contributed by atoms with van der Waals surface area (Å²) < 4.78 is 5.11. The van der Waals surface area contributed by atoms with Crippen molar-refractivity contribution < 1.29 is 14.3 Å². The molecule has 0 aliphatic carbocycles. The van der Waals surface area contributed by atoms with Gasteiger partial charge in [-0.05, 0) is 32.4 Å². The minimum atomic E-state index is -0.263. The van der Waals surface area contributed by atoms with E-state index in [2.05, 4.69) is 21.8 Å². The fourth-order valence-electron chi connectivity index (χ4n) is 2.47. The highest BCUT2D eigenvalue weighted by atomic mass is 32.1. The number of rotatable bonds is 6. The zero-order chi connectivity index (χ0) is 15.9. The third-order valence-corrected chi connectivity index (χ3v) is 4.37. The Kier molecular flexibility index (Phi) is 6.09. The van der Waals surface area contributed by atoms with Gasteiger partial charge in [-0.2, -0.15) is 0 Å². The van der Waals surface area contributed by atoms with Crippen LogP contribution in [-0.2, 0) is 20.9 Å². The van der Waals surface area contributed by atoms with Gasteiger partial charge in [0.25, 0.3) is 0 Å². The number of amides is 1. The van der Waals surface area contributed by atoms with Gasteiger partial charge in [-0.1, -0.05) is 6.58 Å². The van der Waals surface area contributed by atoms with Crippen molar-refractivity contribution in [3.05, 3.63) is 23.7 Å². The van der Waals surface area contributed by atoms with Crippen LogP contribution in [0.2, 0.25) is 0 Å². The van der Waals surface area contributed by atoms with E-state index < -0.39 is 0 Å². The predicted molar refractivity (Wildman–Crippen MR) is 85.6 cm³/mol. The lowest BCUT2D eigenvalue weighted by Crippen LogP contribution is -2.38. The molecule has 1 atom stereocenters. The highest BCUT2D eigenvalue weighted by Crippen LogP contribution is 2.24. The van der Waals surface area contributed by atoms with Gasteiger partial charge in [-0.15, -0.1) is 11.3 Å². The van der Waals surface area contributed by atoms with Crippen LogP contribution in [0.3, 0.4) is 0 Å². The summed E-state index contributed by atoms with van der Waals surface area (Å²) >= 11 is 1.44. The van der Waals surface area contributed by atoms with Gasteiger partial charge in [0.2, 0.25) is 5.91 Å². The Labute approximate surface area is 134 Å². The van der Waals surface area contributed by atoms with Crippen molar-refractivity contribution in [3.8, 4) is 0 Å². The van der Waals surface area contributed by atoms with Crippen molar-refractivity contribution >= 4 is 28.3 Å². The van der Waals surface area contributed by atoms with Crippen LogP contribution in [0.4, 0.5) is 5.13 Å². The zero-order valence-corrected chi connectivity index (χ0v) is 13.5. The minimum absolute atomic E-state index is 0.0402. The molecule has 22 heavy (non-hydrogen) atoms. The third kappa shape index (κ3) is 4.64. The number of thiazole rings is 1. The maximum atomic E-state index is 11.8. The maximum absolute atomic E-state index is 11.8. The van der Waals surface area contributed by atoms with Gasteiger partial charge in [0.1, 0.15) is 0 Å². The Morgan fingerprint density at radius 3 is 3.18 bits per heavy atom. The fraction of sp³-hybridized carbons (Fsp3) is 0.533. The minimum Gasteiger partial charge on any atom is -0.466 e. The highest BCUT2D eigenvalue weighted by molar-refractivity contribution is 7.15. The van der Waals surface area contributed by atoms with Crippen molar-refractivity contribution in [2.24, 2.45) is 5.92 Å². The quantitative estimate of drug-likeness (QED) is 0.641. The number of hydrogen-bond donors (Lipinski definition) is 1. The van der Waals surface area contributed by atoms with Gasteiger partial charge >= 0.3 is 5.97 Å². The number of hydrogen-bond acceptors (Lipinski definition) is 6. The fourth-order valence-corrected chi connectivity index (χ4v) is 3.32. The van der Waals surface area contributed by atoms with E-state index in [1.54, 1.807) is 6.20 Å². The normalized spacial score (nSPS) is 18.7. The molecule has 1 amide bonds. The molecule has 2 heterocycles. The van der Waals surface area contributed by atoms with Crippen LogP contribution in [-0.4, -0.2) is 41.5 Å². The Bertz CT molecular complexity index is 544. The Hall–Kier alpha value is -1.73. The van der Waals surface area contributed by atoms with Crippen LogP contribution in [0.15, 0.2) is 18.9 Å². The summed E-state index contributed by atoms with van der Waals surface area (Å²) in [5.41, 5.74) is 0. The van der Waals surface area contributed by atoms with Crippen molar-refractivity contribution in [2.75, 3.05) is 25.0 Å². The predicted octanol–water partition coefficient (Wildman–Crippen LogP) is 2.04. The summed E-state index contributed by atoms with van der Waals surface area (Å²) in [6.45, 7) is 8.07. The monoisotopic (exact) mass is 323 g/mol. The number of likely N-dealkylation sites (tertiary alicyclic amines) is 1. The standard InChI is InChI=1S/C15H21N3O3S/c1-3-13(19)17-15-16-8-12(22-15)10-18-7-5-6-11(9-18)14(20)21-4-2/h3,8,11H,1,4-7,9-10H2,2H3,(H,16,17,19). The first kappa shape index (κ1) is 16.6. The van der Waals surface area contributed by atoms with Gasteiger partial charge in [0, 0.05) is 24.2 Å². The molecule has 2 rings (SSSR count). The second-order valence-electron chi connectivity index (χ2n) is 5.15. The van der Waals surface area contributed by atoms with E-state index in [0.29, 0.717) is 18.3 Å². The maximum Gasteiger partial charge on any atom is 0.310 e. The van der Waals surface area contributed by atoms with E-state index in [4.69, 9.17) is 4.74 Å². The SMILES string of the molecule is C=CC(=O)Nc1ncc(CN2CCCC(C(=O)OCC)C2)s1. The number of carbonyl (C=O) groups excluding carboxylic acids is 2. The lowest BCUT2D eigenvalue weighted by molar-refractivity contribution is -0.150. The van der Waals surface area contributed by atoms with Crippen molar-refractivity contribution in [1.82, 2.24) is 9.88 Å².